The third kappa shape index (κ3) is 3.36. The van der Waals surface area contributed by atoms with Gasteiger partial charge in [-0.3, -0.25) is 4.68 Å². The second-order valence-corrected chi connectivity index (χ2v) is 5.36. The molecule has 0 bridgehead atoms. The molecule has 1 atom stereocenters. The average molecular weight is 324 g/mol. The van der Waals surface area contributed by atoms with Crippen LogP contribution in [0.4, 0.5) is 5.69 Å². The fourth-order valence-electron chi connectivity index (χ4n) is 2.09. The first-order valence-electron chi connectivity index (χ1n) is 6.29. The minimum Gasteiger partial charge on any atom is -0.394 e. The Kier molecular flexibility index (Phi) is 4.61. The molecule has 0 spiro atoms. The highest BCUT2D eigenvalue weighted by Gasteiger charge is 2.16. The monoisotopic (exact) mass is 323 g/mol. The van der Waals surface area contributed by atoms with Crippen molar-refractivity contribution in [3.63, 3.8) is 0 Å². The number of aromatic nitrogens is 2. The van der Waals surface area contributed by atoms with Gasteiger partial charge in [-0.05, 0) is 30.7 Å². The number of aliphatic hydroxyl groups is 1. The van der Waals surface area contributed by atoms with Crippen LogP contribution in [0.5, 0.6) is 0 Å². The highest BCUT2D eigenvalue weighted by Crippen LogP contribution is 2.23. The molecule has 0 aliphatic rings. The van der Waals surface area contributed by atoms with E-state index in [-0.39, 0.29) is 12.6 Å². The van der Waals surface area contributed by atoms with Crippen molar-refractivity contribution in [1.29, 1.82) is 0 Å². The highest BCUT2D eigenvalue weighted by molar-refractivity contribution is 9.10. The van der Waals surface area contributed by atoms with Crippen molar-refractivity contribution in [3.05, 3.63) is 46.2 Å². The van der Waals surface area contributed by atoms with Crippen LogP contribution in [0.25, 0.3) is 0 Å². The maximum absolute atomic E-state index is 9.62. The van der Waals surface area contributed by atoms with Crippen LogP contribution in [0.3, 0.4) is 0 Å². The fraction of sp³-hybridized carbons (Fsp3) is 0.357. The van der Waals surface area contributed by atoms with Gasteiger partial charge in [-0.15, -0.1) is 0 Å². The summed E-state index contributed by atoms with van der Waals surface area (Å²) in [5.41, 5.74) is 3.05. The molecule has 4 nitrogen and oxygen atoms in total. The predicted octanol–water partition coefficient (Wildman–Crippen LogP) is 2.89. The summed E-state index contributed by atoms with van der Waals surface area (Å²) in [6, 6.07) is 7.77. The minimum absolute atomic E-state index is 0.0365. The Bertz CT molecular complexity index is 536. The number of anilines is 1. The Morgan fingerprint density at radius 1 is 1.37 bits per heavy atom. The number of aliphatic hydroxyl groups excluding tert-OH is 1. The van der Waals surface area contributed by atoms with E-state index in [1.54, 1.807) is 4.68 Å². The van der Waals surface area contributed by atoms with Gasteiger partial charge < -0.3 is 10.4 Å². The molecule has 0 saturated heterocycles. The van der Waals surface area contributed by atoms with E-state index in [1.807, 2.05) is 37.5 Å². The van der Waals surface area contributed by atoms with E-state index in [0.717, 1.165) is 27.8 Å². The first-order chi connectivity index (χ1) is 9.13. The van der Waals surface area contributed by atoms with Crippen molar-refractivity contribution in [2.24, 2.45) is 7.05 Å². The largest absolute Gasteiger partial charge is 0.394 e. The van der Waals surface area contributed by atoms with Gasteiger partial charge in [-0.2, -0.15) is 5.10 Å². The number of nitrogens with zero attached hydrogens (tertiary/aromatic N) is 2. The summed E-state index contributed by atoms with van der Waals surface area (Å²) in [6.45, 7) is 2.11. The number of hydrogen-bond acceptors (Lipinski definition) is 3. The normalized spacial score (nSPS) is 12.4. The SMILES string of the molecule is CCc1nn(C)cc1C(CO)Nc1ccc(Br)cc1. The van der Waals surface area contributed by atoms with Gasteiger partial charge in [0.25, 0.3) is 0 Å². The summed E-state index contributed by atoms with van der Waals surface area (Å²) in [6.07, 6.45) is 2.82. The van der Waals surface area contributed by atoms with Crippen molar-refractivity contribution in [2.45, 2.75) is 19.4 Å². The third-order valence-corrected chi connectivity index (χ3v) is 3.54. The van der Waals surface area contributed by atoms with E-state index in [0.29, 0.717) is 0 Å². The van der Waals surface area contributed by atoms with Crippen molar-refractivity contribution in [1.82, 2.24) is 9.78 Å². The standard InChI is InChI=1S/C14H18BrN3O/c1-3-13-12(8-18(2)17-13)14(9-19)16-11-6-4-10(15)5-7-11/h4-8,14,16,19H,3,9H2,1-2H3. The molecular weight excluding hydrogens is 306 g/mol. The van der Waals surface area contributed by atoms with Crippen LogP contribution in [0.15, 0.2) is 34.9 Å². The summed E-state index contributed by atoms with van der Waals surface area (Å²) in [7, 11) is 1.90. The molecule has 0 radical (unpaired) electrons. The van der Waals surface area contributed by atoms with Gasteiger partial charge in [0.15, 0.2) is 0 Å². The van der Waals surface area contributed by atoms with Gasteiger partial charge in [0.2, 0.25) is 0 Å². The van der Waals surface area contributed by atoms with E-state index < -0.39 is 0 Å². The van der Waals surface area contributed by atoms with E-state index in [4.69, 9.17) is 0 Å². The fourth-order valence-corrected chi connectivity index (χ4v) is 2.35. The first kappa shape index (κ1) is 14.1. The van der Waals surface area contributed by atoms with Crippen LogP contribution in [-0.4, -0.2) is 21.5 Å². The van der Waals surface area contributed by atoms with Crippen molar-refractivity contribution < 1.29 is 5.11 Å². The van der Waals surface area contributed by atoms with Gasteiger partial charge in [0, 0.05) is 29.0 Å². The molecule has 2 aromatic rings. The molecule has 0 aliphatic heterocycles. The summed E-state index contributed by atoms with van der Waals surface area (Å²) >= 11 is 3.41. The lowest BCUT2D eigenvalue weighted by Crippen LogP contribution is -2.15. The molecule has 2 rings (SSSR count). The molecule has 0 fully saturated rings. The predicted molar refractivity (Wildman–Crippen MR) is 80.2 cm³/mol. The number of hydrogen-bond donors (Lipinski definition) is 2. The van der Waals surface area contributed by atoms with Crippen LogP contribution in [0.2, 0.25) is 0 Å². The molecule has 1 heterocycles. The van der Waals surface area contributed by atoms with Crippen LogP contribution < -0.4 is 5.32 Å². The molecule has 1 aromatic carbocycles. The zero-order chi connectivity index (χ0) is 13.8. The second kappa shape index (κ2) is 6.21. The lowest BCUT2D eigenvalue weighted by Gasteiger charge is -2.17. The van der Waals surface area contributed by atoms with Gasteiger partial charge in [0.05, 0.1) is 18.3 Å². The van der Waals surface area contributed by atoms with Gasteiger partial charge >= 0.3 is 0 Å². The lowest BCUT2D eigenvalue weighted by atomic mass is 10.1. The first-order valence-corrected chi connectivity index (χ1v) is 7.08. The summed E-state index contributed by atoms with van der Waals surface area (Å²) in [5.74, 6) is 0. The Hall–Kier alpha value is -1.33. The number of halogens is 1. The topological polar surface area (TPSA) is 50.1 Å². The summed E-state index contributed by atoms with van der Waals surface area (Å²) in [4.78, 5) is 0. The average Bonchev–Trinajstić information content (AvgIpc) is 2.79. The van der Waals surface area contributed by atoms with Crippen LogP contribution in [0, 0.1) is 0 Å². The number of nitrogens with one attached hydrogen (secondary N) is 1. The zero-order valence-corrected chi connectivity index (χ0v) is 12.7. The molecule has 2 N–H and O–H groups in total. The molecular formula is C14H18BrN3O. The van der Waals surface area contributed by atoms with E-state index >= 15 is 0 Å². The Morgan fingerprint density at radius 2 is 2.05 bits per heavy atom. The molecule has 0 amide bonds. The Morgan fingerprint density at radius 3 is 2.63 bits per heavy atom. The number of benzene rings is 1. The van der Waals surface area contributed by atoms with Crippen LogP contribution >= 0.6 is 15.9 Å². The van der Waals surface area contributed by atoms with Crippen LogP contribution in [0.1, 0.15) is 24.2 Å². The molecule has 1 unspecified atom stereocenters. The number of rotatable bonds is 5. The molecule has 19 heavy (non-hydrogen) atoms. The van der Waals surface area contributed by atoms with Gasteiger partial charge in [-0.1, -0.05) is 22.9 Å². The van der Waals surface area contributed by atoms with E-state index in [2.05, 4.69) is 33.3 Å². The van der Waals surface area contributed by atoms with E-state index in [1.165, 1.54) is 0 Å². The van der Waals surface area contributed by atoms with Crippen molar-refractivity contribution >= 4 is 21.6 Å². The third-order valence-electron chi connectivity index (χ3n) is 3.02. The Balaban J connectivity index is 2.22. The maximum Gasteiger partial charge on any atom is 0.0778 e. The molecule has 102 valence electrons. The van der Waals surface area contributed by atoms with Gasteiger partial charge in [-0.25, -0.2) is 0 Å². The van der Waals surface area contributed by atoms with Crippen molar-refractivity contribution in [3.8, 4) is 0 Å². The molecule has 0 saturated carbocycles. The highest BCUT2D eigenvalue weighted by atomic mass is 79.9. The van der Waals surface area contributed by atoms with Crippen LogP contribution in [-0.2, 0) is 13.5 Å². The lowest BCUT2D eigenvalue weighted by molar-refractivity contribution is 0.276. The maximum atomic E-state index is 9.62. The Labute approximate surface area is 121 Å². The quantitative estimate of drug-likeness (QED) is 0.889. The zero-order valence-electron chi connectivity index (χ0n) is 11.1. The molecule has 5 heteroatoms. The second-order valence-electron chi connectivity index (χ2n) is 4.44. The molecule has 1 aromatic heterocycles. The smallest absolute Gasteiger partial charge is 0.0778 e. The van der Waals surface area contributed by atoms with Gasteiger partial charge in [0.1, 0.15) is 0 Å². The minimum atomic E-state index is -0.134. The number of aryl methyl sites for hydroxylation is 2. The van der Waals surface area contributed by atoms with E-state index in [9.17, 15) is 5.11 Å². The molecule has 0 aliphatic carbocycles. The summed E-state index contributed by atoms with van der Waals surface area (Å²) < 4.78 is 2.83. The van der Waals surface area contributed by atoms with Crippen molar-refractivity contribution in [2.75, 3.05) is 11.9 Å². The summed E-state index contributed by atoms with van der Waals surface area (Å²) in [5, 5.41) is 17.4.